The van der Waals surface area contributed by atoms with Crippen molar-refractivity contribution in [3.8, 4) is 0 Å². The van der Waals surface area contributed by atoms with Crippen LogP contribution in [0.15, 0.2) is 18.2 Å². The highest BCUT2D eigenvalue weighted by Gasteiger charge is 2.39. The summed E-state index contributed by atoms with van der Waals surface area (Å²) in [7, 11) is 0. The molecule has 3 rings (SSSR count). The Balaban J connectivity index is 1.78. The fourth-order valence-corrected chi connectivity index (χ4v) is 2.86. The van der Waals surface area contributed by atoms with Crippen LogP contribution in [0.2, 0.25) is 0 Å². The number of aryl methyl sites for hydroxylation is 2. The highest BCUT2D eigenvalue weighted by Crippen LogP contribution is 2.39. The van der Waals surface area contributed by atoms with E-state index in [0.717, 1.165) is 25.7 Å². The molecule has 16 heavy (non-hydrogen) atoms. The Kier molecular flexibility index (Phi) is 2.51. The van der Waals surface area contributed by atoms with E-state index in [2.05, 4.69) is 18.2 Å². The molecule has 0 aromatic heterocycles. The Morgan fingerprint density at radius 1 is 1.12 bits per heavy atom. The molecule has 1 nitrogen and oxygen atoms in total. The van der Waals surface area contributed by atoms with Crippen LogP contribution in [0.1, 0.15) is 48.8 Å². The quantitative estimate of drug-likeness (QED) is 0.823. The lowest BCUT2D eigenvalue weighted by Gasteiger charge is -2.20. The molecule has 0 radical (unpaired) electrons. The third-order valence-electron chi connectivity index (χ3n) is 4.18. The Morgan fingerprint density at radius 3 is 2.75 bits per heavy atom. The van der Waals surface area contributed by atoms with E-state index in [0.29, 0.717) is 0 Å². The third kappa shape index (κ3) is 2.01. The summed E-state index contributed by atoms with van der Waals surface area (Å²) in [6.07, 6.45) is 9.26. The van der Waals surface area contributed by atoms with Gasteiger partial charge in [-0.1, -0.05) is 18.2 Å². The maximum atomic E-state index is 9.89. The average Bonchev–Trinajstić information content (AvgIpc) is 3.05. The molecule has 2 aliphatic rings. The van der Waals surface area contributed by atoms with Crippen molar-refractivity contribution in [3.63, 3.8) is 0 Å². The van der Waals surface area contributed by atoms with E-state index in [1.807, 2.05) is 0 Å². The molecular weight excluding hydrogens is 196 g/mol. The van der Waals surface area contributed by atoms with Gasteiger partial charge in [0.15, 0.2) is 0 Å². The van der Waals surface area contributed by atoms with Crippen molar-refractivity contribution >= 4 is 0 Å². The van der Waals surface area contributed by atoms with Gasteiger partial charge in [-0.25, -0.2) is 0 Å². The Hall–Kier alpha value is -0.820. The fraction of sp³-hybridized carbons (Fsp3) is 0.600. The first kappa shape index (κ1) is 10.3. The molecule has 0 spiro atoms. The lowest BCUT2D eigenvalue weighted by molar-refractivity contribution is 0.140. The zero-order valence-corrected chi connectivity index (χ0v) is 9.84. The van der Waals surface area contributed by atoms with Gasteiger partial charge in [0, 0.05) is 0 Å². The van der Waals surface area contributed by atoms with Crippen LogP contribution in [-0.2, 0) is 19.3 Å². The van der Waals surface area contributed by atoms with Crippen molar-refractivity contribution in [2.24, 2.45) is 0 Å². The van der Waals surface area contributed by atoms with Crippen molar-refractivity contribution in [2.45, 2.75) is 57.0 Å². The second kappa shape index (κ2) is 3.89. The predicted octanol–water partition coefficient (Wildman–Crippen LogP) is 3.02. The molecule has 1 aromatic rings. The second-order valence-corrected chi connectivity index (χ2v) is 5.49. The molecule has 0 saturated heterocycles. The molecule has 2 aliphatic carbocycles. The van der Waals surface area contributed by atoms with Crippen LogP contribution < -0.4 is 0 Å². The number of fused-ring (bicyclic) bond motifs is 1. The molecule has 1 N–H and O–H groups in total. The minimum Gasteiger partial charge on any atom is -0.390 e. The van der Waals surface area contributed by atoms with E-state index in [1.165, 1.54) is 31.2 Å². The van der Waals surface area contributed by atoms with Gasteiger partial charge in [0.05, 0.1) is 5.60 Å². The molecule has 0 heterocycles. The monoisotopic (exact) mass is 216 g/mol. The summed E-state index contributed by atoms with van der Waals surface area (Å²) in [4.78, 5) is 0. The summed E-state index contributed by atoms with van der Waals surface area (Å²) in [5, 5.41) is 9.89. The van der Waals surface area contributed by atoms with Gasteiger partial charge >= 0.3 is 0 Å². The summed E-state index contributed by atoms with van der Waals surface area (Å²) >= 11 is 0. The number of benzene rings is 1. The van der Waals surface area contributed by atoms with Crippen LogP contribution in [0.3, 0.4) is 0 Å². The lowest BCUT2D eigenvalue weighted by atomic mass is 9.86. The van der Waals surface area contributed by atoms with E-state index in [4.69, 9.17) is 0 Å². The minimum absolute atomic E-state index is 0.294. The largest absolute Gasteiger partial charge is 0.390 e. The van der Waals surface area contributed by atoms with Crippen LogP contribution in [0.5, 0.6) is 0 Å². The number of rotatable bonds is 3. The summed E-state index contributed by atoms with van der Waals surface area (Å²) in [5.41, 5.74) is 4.36. The Bertz CT molecular complexity index is 390. The molecule has 0 unspecified atom stereocenters. The Labute approximate surface area is 97.5 Å². The minimum atomic E-state index is -0.294. The summed E-state index contributed by atoms with van der Waals surface area (Å²) < 4.78 is 0. The zero-order valence-electron chi connectivity index (χ0n) is 9.84. The number of hydrogen-bond acceptors (Lipinski definition) is 1. The maximum Gasteiger partial charge on any atom is 0.0653 e. The van der Waals surface area contributed by atoms with Crippen molar-refractivity contribution in [1.29, 1.82) is 0 Å². The molecule has 0 bridgehead atoms. The number of hydrogen-bond donors (Lipinski definition) is 1. The van der Waals surface area contributed by atoms with Crippen molar-refractivity contribution in [1.82, 2.24) is 0 Å². The molecule has 0 aliphatic heterocycles. The van der Waals surface area contributed by atoms with Crippen LogP contribution in [0, 0.1) is 0 Å². The highest BCUT2D eigenvalue weighted by molar-refractivity contribution is 5.37. The van der Waals surface area contributed by atoms with E-state index < -0.39 is 0 Å². The first-order valence-corrected chi connectivity index (χ1v) is 6.59. The first-order valence-electron chi connectivity index (χ1n) is 6.59. The van der Waals surface area contributed by atoms with Crippen molar-refractivity contribution in [2.75, 3.05) is 0 Å². The molecule has 0 atom stereocenters. The van der Waals surface area contributed by atoms with Gasteiger partial charge in [0.2, 0.25) is 0 Å². The summed E-state index contributed by atoms with van der Waals surface area (Å²) in [6.45, 7) is 0. The number of aliphatic hydroxyl groups is 1. The summed E-state index contributed by atoms with van der Waals surface area (Å²) in [6, 6.07) is 6.73. The van der Waals surface area contributed by atoms with Gasteiger partial charge in [0.1, 0.15) is 0 Å². The second-order valence-electron chi connectivity index (χ2n) is 5.49. The van der Waals surface area contributed by atoms with Gasteiger partial charge < -0.3 is 5.11 Å². The predicted molar refractivity (Wildman–Crippen MR) is 65.6 cm³/mol. The smallest absolute Gasteiger partial charge is 0.0653 e. The molecule has 0 amide bonds. The van der Waals surface area contributed by atoms with Gasteiger partial charge in [-0.15, -0.1) is 0 Å². The van der Waals surface area contributed by atoms with E-state index >= 15 is 0 Å². The van der Waals surface area contributed by atoms with Gasteiger partial charge in [0.25, 0.3) is 0 Å². The van der Waals surface area contributed by atoms with Gasteiger partial charge in [-0.05, 0) is 68.1 Å². The van der Waals surface area contributed by atoms with Crippen LogP contribution in [-0.4, -0.2) is 10.7 Å². The Morgan fingerprint density at radius 2 is 1.94 bits per heavy atom. The van der Waals surface area contributed by atoms with E-state index in [-0.39, 0.29) is 5.60 Å². The lowest BCUT2D eigenvalue weighted by Crippen LogP contribution is -2.11. The normalized spacial score (nSPS) is 21.6. The van der Waals surface area contributed by atoms with Crippen LogP contribution in [0.4, 0.5) is 0 Å². The molecule has 86 valence electrons. The highest BCUT2D eigenvalue weighted by atomic mass is 16.3. The van der Waals surface area contributed by atoms with Gasteiger partial charge in [-0.2, -0.15) is 0 Å². The molecule has 1 aromatic carbocycles. The van der Waals surface area contributed by atoms with Crippen molar-refractivity contribution < 1.29 is 5.11 Å². The van der Waals surface area contributed by atoms with Crippen LogP contribution >= 0.6 is 0 Å². The maximum absolute atomic E-state index is 9.89. The van der Waals surface area contributed by atoms with Crippen LogP contribution in [0.25, 0.3) is 0 Å². The average molecular weight is 216 g/mol. The third-order valence-corrected chi connectivity index (χ3v) is 4.18. The molecule has 1 heteroatoms. The zero-order chi connectivity index (χ0) is 11.0. The first-order chi connectivity index (χ1) is 7.77. The standard InChI is InChI=1S/C15H20O/c16-15(10-11-15)9-8-13-6-3-5-12-4-1-2-7-14(12)13/h3,5-6,16H,1-2,4,7-11H2. The van der Waals surface area contributed by atoms with Gasteiger partial charge in [-0.3, -0.25) is 0 Å². The van der Waals surface area contributed by atoms with E-state index in [9.17, 15) is 5.11 Å². The van der Waals surface area contributed by atoms with E-state index in [1.54, 1.807) is 11.1 Å². The molecule has 1 saturated carbocycles. The molecular formula is C15H20O. The molecule has 1 fully saturated rings. The SMILES string of the molecule is OC1(CCc2cccc3c2CCCC3)CC1. The summed E-state index contributed by atoms with van der Waals surface area (Å²) in [5.74, 6) is 0. The van der Waals surface area contributed by atoms with Crippen molar-refractivity contribution in [3.05, 3.63) is 34.9 Å². The fourth-order valence-electron chi connectivity index (χ4n) is 2.86. The topological polar surface area (TPSA) is 20.2 Å².